The third-order valence-electron chi connectivity index (χ3n) is 5.27. The summed E-state index contributed by atoms with van der Waals surface area (Å²) >= 11 is 0. The zero-order chi connectivity index (χ0) is 22.2. The van der Waals surface area contributed by atoms with Gasteiger partial charge in [0.1, 0.15) is 12.8 Å². The van der Waals surface area contributed by atoms with Gasteiger partial charge in [0.05, 0.1) is 23.8 Å². The summed E-state index contributed by atoms with van der Waals surface area (Å²) in [5, 5.41) is 0. The van der Waals surface area contributed by atoms with Crippen LogP contribution in [-0.2, 0) is 20.8 Å². The van der Waals surface area contributed by atoms with Crippen LogP contribution in [0.2, 0.25) is 0 Å². The first-order valence-corrected chi connectivity index (χ1v) is 10.8. The number of benzene rings is 1. The number of aromatic amines is 1. The highest BCUT2D eigenvalue weighted by Gasteiger charge is 2.29. The van der Waals surface area contributed by atoms with Crippen LogP contribution in [0.15, 0.2) is 40.1 Å². The van der Waals surface area contributed by atoms with Crippen LogP contribution in [0.5, 0.6) is 0 Å². The zero-order valence-corrected chi connectivity index (χ0v) is 18.1. The molecule has 1 aliphatic heterocycles. The predicted octanol–water partition coefficient (Wildman–Crippen LogP) is 3.09. The van der Waals surface area contributed by atoms with E-state index in [1.807, 2.05) is 19.1 Å². The van der Waals surface area contributed by atoms with Gasteiger partial charge in [-0.3, -0.25) is 14.3 Å². The molecular formula is C23H30N2O6. The fraction of sp³-hybridized carbons (Fsp3) is 0.522. The molecule has 0 spiro atoms. The van der Waals surface area contributed by atoms with Gasteiger partial charge in [-0.25, -0.2) is 9.59 Å². The Morgan fingerprint density at radius 3 is 2.71 bits per heavy atom. The molecule has 0 bridgehead atoms. The minimum Gasteiger partial charge on any atom is -0.459 e. The number of nitrogens with one attached hydrogen (secondary N) is 1. The summed E-state index contributed by atoms with van der Waals surface area (Å²) in [7, 11) is 0. The van der Waals surface area contributed by atoms with Crippen LogP contribution in [-0.4, -0.2) is 34.8 Å². The van der Waals surface area contributed by atoms with Crippen LogP contribution in [0.1, 0.15) is 66.7 Å². The van der Waals surface area contributed by atoms with E-state index in [4.69, 9.17) is 14.2 Å². The molecule has 1 aromatic heterocycles. The van der Waals surface area contributed by atoms with Crippen LogP contribution in [0.4, 0.5) is 0 Å². The third kappa shape index (κ3) is 6.38. The van der Waals surface area contributed by atoms with Gasteiger partial charge in [-0.2, -0.15) is 0 Å². The number of carbonyl (C=O) groups is 1. The molecule has 2 atom stereocenters. The molecule has 2 heterocycles. The minimum atomic E-state index is -0.526. The number of nitrogens with zero attached hydrogens (tertiary/aromatic N) is 1. The quantitative estimate of drug-likeness (QED) is 0.459. The second-order valence-corrected chi connectivity index (χ2v) is 7.84. The Morgan fingerprint density at radius 2 is 1.97 bits per heavy atom. The Hall–Kier alpha value is -2.71. The maximum absolute atomic E-state index is 12.3. The van der Waals surface area contributed by atoms with Crippen molar-refractivity contribution >= 4 is 5.97 Å². The molecule has 1 fully saturated rings. The largest absolute Gasteiger partial charge is 0.459 e. The second kappa shape index (κ2) is 11.1. The average molecular weight is 431 g/mol. The van der Waals surface area contributed by atoms with Crippen molar-refractivity contribution in [3.8, 4) is 0 Å². The van der Waals surface area contributed by atoms with Crippen molar-refractivity contribution in [1.82, 2.24) is 9.55 Å². The van der Waals surface area contributed by atoms with Gasteiger partial charge in [0.2, 0.25) is 0 Å². The molecule has 1 aliphatic rings. The average Bonchev–Trinajstić information content (AvgIpc) is 3.22. The number of hydrogen-bond donors (Lipinski definition) is 1. The number of carbonyl (C=O) groups excluding carboxylic acids is 1. The van der Waals surface area contributed by atoms with Crippen LogP contribution in [0.3, 0.4) is 0 Å². The Kier molecular flexibility index (Phi) is 8.20. The van der Waals surface area contributed by atoms with E-state index >= 15 is 0 Å². The first-order chi connectivity index (χ1) is 15.0. The van der Waals surface area contributed by atoms with E-state index in [0.717, 1.165) is 24.8 Å². The molecule has 3 rings (SSSR count). The summed E-state index contributed by atoms with van der Waals surface area (Å²) in [5.74, 6) is -0.407. The third-order valence-corrected chi connectivity index (χ3v) is 5.27. The lowest BCUT2D eigenvalue weighted by molar-refractivity contribution is -0.0342. The zero-order valence-electron chi connectivity index (χ0n) is 18.1. The molecule has 8 heteroatoms. The topological polar surface area (TPSA) is 99.6 Å². The molecule has 8 nitrogen and oxygen atoms in total. The molecule has 0 saturated carbocycles. The minimum absolute atomic E-state index is 0.106. The van der Waals surface area contributed by atoms with Crippen molar-refractivity contribution in [3.05, 3.63) is 68.0 Å². The van der Waals surface area contributed by atoms with Gasteiger partial charge < -0.3 is 14.2 Å². The van der Waals surface area contributed by atoms with E-state index in [2.05, 4.69) is 11.9 Å². The van der Waals surface area contributed by atoms with E-state index in [1.54, 1.807) is 12.1 Å². The highest BCUT2D eigenvalue weighted by atomic mass is 16.6. The fourth-order valence-corrected chi connectivity index (χ4v) is 3.44. The molecule has 0 unspecified atom stereocenters. The van der Waals surface area contributed by atoms with Gasteiger partial charge in [-0.15, -0.1) is 0 Å². The Bertz CT molecular complexity index is 979. The van der Waals surface area contributed by atoms with Crippen molar-refractivity contribution in [2.24, 2.45) is 0 Å². The fourth-order valence-electron chi connectivity index (χ4n) is 3.44. The molecule has 31 heavy (non-hydrogen) atoms. The van der Waals surface area contributed by atoms with Crippen molar-refractivity contribution in [1.29, 1.82) is 0 Å². The van der Waals surface area contributed by atoms with E-state index in [-0.39, 0.29) is 19.3 Å². The van der Waals surface area contributed by atoms with Gasteiger partial charge in [-0.05, 0) is 38.3 Å². The lowest BCUT2D eigenvalue weighted by Crippen LogP contribution is -2.34. The van der Waals surface area contributed by atoms with Crippen LogP contribution in [0.25, 0.3) is 0 Å². The van der Waals surface area contributed by atoms with E-state index in [0.29, 0.717) is 30.6 Å². The Balaban J connectivity index is 1.55. The van der Waals surface area contributed by atoms with Crippen LogP contribution >= 0.6 is 0 Å². The molecular weight excluding hydrogens is 400 g/mol. The first-order valence-electron chi connectivity index (χ1n) is 10.8. The van der Waals surface area contributed by atoms with Crippen molar-refractivity contribution < 1.29 is 19.0 Å². The second-order valence-electron chi connectivity index (χ2n) is 7.84. The van der Waals surface area contributed by atoms with E-state index < -0.39 is 23.4 Å². The van der Waals surface area contributed by atoms with E-state index in [1.165, 1.54) is 10.8 Å². The number of rotatable bonds is 10. The maximum atomic E-state index is 12.3. The number of H-pyrrole nitrogens is 1. The molecule has 1 N–H and O–H groups in total. The number of aromatic nitrogens is 2. The van der Waals surface area contributed by atoms with Crippen LogP contribution < -0.4 is 11.2 Å². The lowest BCUT2D eigenvalue weighted by Gasteiger charge is -2.17. The standard InChI is InChI=1S/C23H30N2O6/c1-3-4-5-12-29-14-18-13-25(23(28)24-21(18)26)20-11-10-19(31-20)15-30-22(27)17-8-6-16(2)7-9-17/h6-9,13,19-20H,3-5,10-12,14-15H2,1-2H3,(H,24,26,28)/t19-,20+/m0/s1. The van der Waals surface area contributed by atoms with Gasteiger partial charge >= 0.3 is 11.7 Å². The van der Waals surface area contributed by atoms with Gasteiger partial charge in [-0.1, -0.05) is 37.5 Å². The Labute approximate surface area is 181 Å². The highest BCUT2D eigenvalue weighted by molar-refractivity contribution is 5.89. The van der Waals surface area contributed by atoms with Crippen molar-refractivity contribution in [2.75, 3.05) is 13.2 Å². The SMILES string of the molecule is CCCCCOCc1cn([C@H]2CC[C@@H](COC(=O)c3ccc(C)cc3)O2)c(=O)[nH]c1=O. The predicted molar refractivity (Wildman–Crippen MR) is 115 cm³/mol. The van der Waals surface area contributed by atoms with E-state index in [9.17, 15) is 14.4 Å². The summed E-state index contributed by atoms with van der Waals surface area (Å²) in [6.07, 6.45) is 4.99. The lowest BCUT2D eigenvalue weighted by atomic mass is 10.1. The molecule has 0 amide bonds. The van der Waals surface area contributed by atoms with Crippen molar-refractivity contribution in [3.63, 3.8) is 0 Å². The molecule has 2 aromatic rings. The summed E-state index contributed by atoms with van der Waals surface area (Å²) in [6.45, 7) is 4.88. The molecule has 168 valence electrons. The molecule has 0 aliphatic carbocycles. The summed E-state index contributed by atoms with van der Waals surface area (Å²) < 4.78 is 18.2. The smallest absolute Gasteiger partial charge is 0.338 e. The van der Waals surface area contributed by atoms with Crippen LogP contribution in [0, 0.1) is 6.92 Å². The summed E-state index contributed by atoms with van der Waals surface area (Å²) in [6, 6.07) is 7.15. The normalized spacial score (nSPS) is 18.3. The summed E-state index contributed by atoms with van der Waals surface area (Å²) in [5.41, 5.74) is 0.963. The molecule has 1 saturated heterocycles. The van der Waals surface area contributed by atoms with Crippen molar-refractivity contribution in [2.45, 2.75) is 64.9 Å². The van der Waals surface area contributed by atoms with Gasteiger partial charge in [0.25, 0.3) is 5.56 Å². The monoisotopic (exact) mass is 430 g/mol. The number of ether oxygens (including phenoxy) is 3. The first kappa shape index (κ1) is 23.0. The van der Waals surface area contributed by atoms with Gasteiger partial charge in [0, 0.05) is 12.8 Å². The molecule has 0 radical (unpaired) electrons. The number of aryl methyl sites for hydroxylation is 1. The van der Waals surface area contributed by atoms with Gasteiger partial charge in [0.15, 0.2) is 0 Å². The highest BCUT2D eigenvalue weighted by Crippen LogP contribution is 2.27. The maximum Gasteiger partial charge on any atom is 0.338 e. The number of esters is 1. The molecule has 1 aromatic carbocycles. The number of hydrogen-bond acceptors (Lipinski definition) is 6. The number of unbranched alkanes of at least 4 members (excludes halogenated alkanes) is 2. The Morgan fingerprint density at radius 1 is 1.19 bits per heavy atom. The summed E-state index contributed by atoms with van der Waals surface area (Å²) in [4.78, 5) is 38.9.